The van der Waals surface area contributed by atoms with Gasteiger partial charge in [-0.15, -0.1) is 0 Å². The van der Waals surface area contributed by atoms with Crippen LogP contribution in [-0.4, -0.2) is 43.6 Å². The van der Waals surface area contributed by atoms with Crippen LogP contribution in [0.2, 0.25) is 0 Å². The molecule has 0 aromatic rings. The van der Waals surface area contributed by atoms with E-state index in [2.05, 4.69) is 5.32 Å². The maximum Gasteiger partial charge on any atom is 0.215 e. The van der Waals surface area contributed by atoms with Crippen molar-refractivity contribution in [3.63, 3.8) is 0 Å². The van der Waals surface area contributed by atoms with Crippen molar-refractivity contribution < 1.29 is 8.42 Å². The Morgan fingerprint density at radius 2 is 2.08 bits per heavy atom. The molecule has 0 bridgehead atoms. The van der Waals surface area contributed by atoms with Crippen LogP contribution in [0.15, 0.2) is 0 Å². The molecule has 5 heteroatoms. The third-order valence-corrected chi connectivity index (χ3v) is 4.18. The third-order valence-electron chi connectivity index (χ3n) is 2.28. The maximum absolute atomic E-state index is 11.6. The molecule has 0 aromatic heterocycles. The van der Waals surface area contributed by atoms with Crippen LogP contribution in [0.25, 0.3) is 0 Å². The van der Waals surface area contributed by atoms with Crippen molar-refractivity contribution in [1.29, 1.82) is 0 Å². The molecule has 0 unspecified atom stereocenters. The van der Waals surface area contributed by atoms with Gasteiger partial charge in [0, 0.05) is 25.2 Å². The van der Waals surface area contributed by atoms with E-state index in [-0.39, 0.29) is 11.3 Å². The number of sulfonamides is 1. The molecule has 0 radical (unpaired) electrons. The number of likely N-dealkylation sites (N-methyl/N-ethyl adjacent to an activating group) is 1. The van der Waals surface area contributed by atoms with Gasteiger partial charge in [-0.3, -0.25) is 0 Å². The summed E-state index contributed by atoms with van der Waals surface area (Å²) in [5.41, 5.74) is -0.112. The van der Waals surface area contributed by atoms with Crippen molar-refractivity contribution in [3.8, 4) is 0 Å². The molecule has 78 valence electrons. The topological polar surface area (TPSA) is 49.4 Å². The average Bonchev–Trinajstić information content (AvgIpc) is 2.07. The van der Waals surface area contributed by atoms with E-state index < -0.39 is 10.0 Å². The Hall–Kier alpha value is -0.130. The second-order valence-corrected chi connectivity index (χ2v) is 6.14. The van der Waals surface area contributed by atoms with Crippen molar-refractivity contribution in [2.45, 2.75) is 26.3 Å². The maximum atomic E-state index is 11.6. The van der Waals surface area contributed by atoms with Gasteiger partial charge in [-0.05, 0) is 13.8 Å². The summed E-state index contributed by atoms with van der Waals surface area (Å²) in [5.74, 6) is 0.213. The summed E-state index contributed by atoms with van der Waals surface area (Å²) in [5, 5.41) is 3.22. The first kappa shape index (κ1) is 10.9. The fraction of sp³-hybridized carbons (Fsp3) is 1.00. The Labute approximate surface area is 80.4 Å². The Bertz CT molecular complexity index is 272. The van der Waals surface area contributed by atoms with Gasteiger partial charge in [-0.1, -0.05) is 6.92 Å². The molecule has 1 N–H and O–H groups in total. The lowest BCUT2D eigenvalue weighted by Gasteiger charge is -2.28. The van der Waals surface area contributed by atoms with Gasteiger partial charge < -0.3 is 5.32 Å². The number of nitrogens with zero attached hydrogens (tertiary/aromatic N) is 1. The molecule has 13 heavy (non-hydrogen) atoms. The predicted octanol–water partition coefficient (Wildman–Crippen LogP) is 0.0199. The van der Waals surface area contributed by atoms with E-state index >= 15 is 0 Å². The van der Waals surface area contributed by atoms with E-state index in [1.54, 1.807) is 4.31 Å². The highest BCUT2D eigenvalue weighted by molar-refractivity contribution is 7.89. The average molecular weight is 206 g/mol. The van der Waals surface area contributed by atoms with Gasteiger partial charge in [-0.2, -0.15) is 0 Å². The molecule has 1 aliphatic rings. The third kappa shape index (κ3) is 2.65. The number of hydrogen-bond donors (Lipinski definition) is 1. The fourth-order valence-corrected chi connectivity index (χ4v) is 3.08. The second kappa shape index (κ2) is 3.55. The first-order valence-corrected chi connectivity index (χ1v) is 6.21. The number of hydrogen-bond acceptors (Lipinski definition) is 3. The van der Waals surface area contributed by atoms with Gasteiger partial charge >= 0.3 is 0 Å². The van der Waals surface area contributed by atoms with Crippen molar-refractivity contribution in [1.82, 2.24) is 9.62 Å². The zero-order valence-electron chi connectivity index (χ0n) is 8.50. The van der Waals surface area contributed by atoms with E-state index in [0.29, 0.717) is 19.6 Å². The summed E-state index contributed by atoms with van der Waals surface area (Å²) in [7, 11) is -3.01. The van der Waals surface area contributed by atoms with Crippen LogP contribution in [0.1, 0.15) is 20.8 Å². The smallest absolute Gasteiger partial charge is 0.215 e. The summed E-state index contributed by atoms with van der Waals surface area (Å²) < 4.78 is 24.8. The van der Waals surface area contributed by atoms with Crippen LogP contribution in [-0.2, 0) is 10.0 Å². The van der Waals surface area contributed by atoms with Gasteiger partial charge in [0.2, 0.25) is 10.0 Å². The van der Waals surface area contributed by atoms with E-state index in [0.717, 1.165) is 0 Å². The highest BCUT2D eigenvalue weighted by Crippen LogP contribution is 2.13. The zero-order valence-corrected chi connectivity index (χ0v) is 9.32. The fourth-order valence-electron chi connectivity index (χ4n) is 1.55. The summed E-state index contributed by atoms with van der Waals surface area (Å²) in [4.78, 5) is 0. The van der Waals surface area contributed by atoms with Crippen LogP contribution >= 0.6 is 0 Å². The minimum absolute atomic E-state index is 0.112. The van der Waals surface area contributed by atoms with Crippen molar-refractivity contribution >= 4 is 10.0 Å². The van der Waals surface area contributed by atoms with Crippen LogP contribution < -0.4 is 5.32 Å². The molecule has 0 aliphatic carbocycles. The van der Waals surface area contributed by atoms with Crippen molar-refractivity contribution in [3.05, 3.63) is 0 Å². The van der Waals surface area contributed by atoms with Crippen LogP contribution in [0.5, 0.6) is 0 Å². The van der Waals surface area contributed by atoms with E-state index in [1.807, 2.05) is 20.8 Å². The normalized spacial score (nSPS) is 28.2. The van der Waals surface area contributed by atoms with Gasteiger partial charge in [-0.25, -0.2) is 12.7 Å². The molecule has 1 aliphatic heterocycles. The first-order valence-electron chi connectivity index (χ1n) is 4.60. The largest absolute Gasteiger partial charge is 0.309 e. The van der Waals surface area contributed by atoms with E-state index in [9.17, 15) is 8.42 Å². The van der Waals surface area contributed by atoms with Crippen molar-refractivity contribution in [2.75, 3.05) is 25.4 Å². The lowest BCUT2D eigenvalue weighted by Crippen LogP contribution is -2.46. The SMILES string of the molecule is CCN1CC(C)(C)NCCS1(=O)=O. The summed E-state index contributed by atoms with van der Waals surface area (Å²) in [6.07, 6.45) is 0. The predicted molar refractivity (Wildman–Crippen MR) is 53.1 cm³/mol. The highest BCUT2D eigenvalue weighted by Gasteiger charge is 2.31. The molecule has 0 saturated carbocycles. The summed E-state index contributed by atoms with van der Waals surface area (Å²) >= 11 is 0. The first-order chi connectivity index (χ1) is 5.87. The Morgan fingerprint density at radius 1 is 1.46 bits per heavy atom. The molecule has 1 heterocycles. The standard InChI is InChI=1S/C8H18N2O2S/c1-4-10-7-8(2,3)9-5-6-13(10,11)12/h9H,4-7H2,1-3H3. The molecule has 1 fully saturated rings. The Balaban J connectivity index is 2.87. The Kier molecular flexibility index (Phi) is 2.99. The monoisotopic (exact) mass is 206 g/mol. The van der Waals surface area contributed by atoms with Gasteiger partial charge in [0.05, 0.1) is 5.75 Å². The van der Waals surface area contributed by atoms with Gasteiger partial charge in [0.15, 0.2) is 0 Å². The lowest BCUT2D eigenvalue weighted by atomic mass is 10.1. The molecule has 0 spiro atoms. The molecule has 0 atom stereocenters. The Morgan fingerprint density at radius 3 is 2.62 bits per heavy atom. The molecule has 4 nitrogen and oxygen atoms in total. The quantitative estimate of drug-likeness (QED) is 0.658. The van der Waals surface area contributed by atoms with E-state index in [4.69, 9.17) is 0 Å². The molecule has 1 rings (SSSR count). The van der Waals surface area contributed by atoms with Gasteiger partial charge in [0.1, 0.15) is 0 Å². The zero-order chi connectivity index (χ0) is 10.1. The number of nitrogens with one attached hydrogen (secondary N) is 1. The summed E-state index contributed by atoms with van der Waals surface area (Å²) in [6.45, 7) is 7.59. The van der Waals surface area contributed by atoms with Crippen LogP contribution in [0.3, 0.4) is 0 Å². The minimum atomic E-state index is -3.01. The highest BCUT2D eigenvalue weighted by atomic mass is 32.2. The molecule has 1 saturated heterocycles. The molecular weight excluding hydrogens is 188 g/mol. The summed E-state index contributed by atoms with van der Waals surface area (Å²) in [6, 6.07) is 0. The molecular formula is C8H18N2O2S. The molecule has 0 aromatic carbocycles. The van der Waals surface area contributed by atoms with E-state index in [1.165, 1.54) is 0 Å². The minimum Gasteiger partial charge on any atom is -0.309 e. The second-order valence-electron chi connectivity index (χ2n) is 4.05. The lowest BCUT2D eigenvalue weighted by molar-refractivity contribution is 0.312. The van der Waals surface area contributed by atoms with Gasteiger partial charge in [0.25, 0.3) is 0 Å². The number of rotatable bonds is 1. The van der Waals surface area contributed by atoms with Crippen LogP contribution in [0, 0.1) is 0 Å². The van der Waals surface area contributed by atoms with Crippen molar-refractivity contribution in [2.24, 2.45) is 0 Å². The van der Waals surface area contributed by atoms with Crippen LogP contribution in [0.4, 0.5) is 0 Å². The molecule has 0 amide bonds.